The van der Waals surface area contributed by atoms with Crippen LogP contribution in [-0.4, -0.2) is 47.6 Å². The highest BCUT2D eigenvalue weighted by Crippen LogP contribution is 2.28. The monoisotopic (exact) mass is 287 g/mol. The maximum atomic E-state index is 12.1. The summed E-state index contributed by atoms with van der Waals surface area (Å²) >= 11 is 0. The molecule has 5 nitrogen and oxygen atoms in total. The van der Waals surface area contributed by atoms with Gasteiger partial charge in [0.25, 0.3) is 0 Å². The number of ether oxygens (including phenoxy) is 1. The predicted molar refractivity (Wildman–Crippen MR) is 81.1 cm³/mol. The number of aromatic nitrogens is 2. The number of methoxy groups -OCH3 is 1. The SMILES string of the molecule is COCCC(=O)N1CCC[C@@H](c2cc3cccnc3[nH]2)C1. The van der Waals surface area contributed by atoms with Crippen molar-refractivity contribution in [2.75, 3.05) is 26.8 Å². The van der Waals surface area contributed by atoms with E-state index in [0.29, 0.717) is 18.9 Å². The Labute approximate surface area is 124 Å². The van der Waals surface area contributed by atoms with Crippen molar-refractivity contribution in [3.63, 3.8) is 0 Å². The molecular weight excluding hydrogens is 266 g/mol. The van der Waals surface area contributed by atoms with Crippen LogP contribution >= 0.6 is 0 Å². The number of carbonyl (C=O) groups excluding carboxylic acids is 1. The predicted octanol–water partition coefficient (Wildman–Crippen LogP) is 2.31. The largest absolute Gasteiger partial charge is 0.384 e. The molecule has 1 N–H and O–H groups in total. The molecule has 5 heteroatoms. The van der Waals surface area contributed by atoms with E-state index in [1.807, 2.05) is 11.0 Å². The Balaban J connectivity index is 1.72. The minimum atomic E-state index is 0.191. The molecule has 112 valence electrons. The van der Waals surface area contributed by atoms with E-state index >= 15 is 0 Å². The highest BCUT2D eigenvalue weighted by Gasteiger charge is 2.25. The fourth-order valence-electron chi connectivity index (χ4n) is 3.00. The fraction of sp³-hybridized carbons (Fsp3) is 0.500. The first kappa shape index (κ1) is 14.1. The van der Waals surface area contributed by atoms with Gasteiger partial charge in [0.15, 0.2) is 0 Å². The number of hydrogen-bond acceptors (Lipinski definition) is 3. The first-order chi connectivity index (χ1) is 10.3. The Kier molecular flexibility index (Phi) is 4.20. The highest BCUT2D eigenvalue weighted by atomic mass is 16.5. The third kappa shape index (κ3) is 3.08. The third-order valence-corrected chi connectivity index (χ3v) is 4.15. The summed E-state index contributed by atoms with van der Waals surface area (Å²) in [7, 11) is 1.63. The van der Waals surface area contributed by atoms with Gasteiger partial charge in [-0.1, -0.05) is 0 Å². The Bertz CT molecular complexity index is 590. The minimum absolute atomic E-state index is 0.191. The normalized spacial score (nSPS) is 19.1. The van der Waals surface area contributed by atoms with E-state index in [1.54, 1.807) is 13.3 Å². The lowest BCUT2D eigenvalue weighted by Gasteiger charge is -2.32. The number of piperidine rings is 1. The average molecular weight is 287 g/mol. The van der Waals surface area contributed by atoms with Gasteiger partial charge in [-0.25, -0.2) is 4.98 Å². The van der Waals surface area contributed by atoms with Crippen LogP contribution in [0.2, 0.25) is 0 Å². The third-order valence-electron chi connectivity index (χ3n) is 4.15. The van der Waals surface area contributed by atoms with Crippen molar-refractivity contribution in [1.29, 1.82) is 0 Å². The van der Waals surface area contributed by atoms with Crippen molar-refractivity contribution in [2.24, 2.45) is 0 Å². The first-order valence-corrected chi connectivity index (χ1v) is 7.48. The smallest absolute Gasteiger partial charge is 0.224 e. The van der Waals surface area contributed by atoms with E-state index in [-0.39, 0.29) is 5.91 Å². The topological polar surface area (TPSA) is 58.2 Å². The molecule has 1 atom stereocenters. The summed E-state index contributed by atoms with van der Waals surface area (Å²) in [5.74, 6) is 0.565. The van der Waals surface area contributed by atoms with Crippen molar-refractivity contribution in [2.45, 2.75) is 25.2 Å². The number of carbonyl (C=O) groups is 1. The van der Waals surface area contributed by atoms with E-state index < -0.39 is 0 Å². The number of fused-ring (bicyclic) bond motifs is 1. The zero-order chi connectivity index (χ0) is 14.7. The molecule has 0 radical (unpaired) electrons. The lowest BCUT2D eigenvalue weighted by molar-refractivity contribution is -0.133. The molecule has 1 aliphatic rings. The fourth-order valence-corrected chi connectivity index (χ4v) is 3.00. The Morgan fingerprint density at radius 1 is 1.57 bits per heavy atom. The molecule has 1 aliphatic heterocycles. The molecule has 0 saturated carbocycles. The van der Waals surface area contributed by atoms with Crippen LogP contribution in [0.4, 0.5) is 0 Å². The second-order valence-corrected chi connectivity index (χ2v) is 5.59. The van der Waals surface area contributed by atoms with Crippen LogP contribution in [0.25, 0.3) is 11.0 Å². The van der Waals surface area contributed by atoms with E-state index in [9.17, 15) is 4.79 Å². The molecule has 0 unspecified atom stereocenters. The zero-order valence-corrected chi connectivity index (χ0v) is 12.3. The molecule has 0 aliphatic carbocycles. The lowest BCUT2D eigenvalue weighted by Crippen LogP contribution is -2.39. The van der Waals surface area contributed by atoms with Crippen LogP contribution in [0.5, 0.6) is 0 Å². The van der Waals surface area contributed by atoms with Crippen LogP contribution in [-0.2, 0) is 9.53 Å². The molecule has 21 heavy (non-hydrogen) atoms. The Morgan fingerprint density at radius 2 is 2.48 bits per heavy atom. The highest BCUT2D eigenvalue weighted by molar-refractivity contribution is 5.77. The molecule has 2 aromatic rings. The van der Waals surface area contributed by atoms with E-state index in [0.717, 1.165) is 37.0 Å². The number of nitrogens with zero attached hydrogens (tertiary/aromatic N) is 2. The summed E-state index contributed by atoms with van der Waals surface area (Å²) in [6, 6.07) is 6.17. The van der Waals surface area contributed by atoms with Gasteiger partial charge >= 0.3 is 0 Å². The number of hydrogen-bond donors (Lipinski definition) is 1. The van der Waals surface area contributed by atoms with Gasteiger partial charge in [0.2, 0.25) is 5.91 Å². The van der Waals surface area contributed by atoms with Gasteiger partial charge < -0.3 is 14.6 Å². The molecule has 0 aromatic carbocycles. The number of rotatable bonds is 4. The van der Waals surface area contributed by atoms with Crippen molar-refractivity contribution in [3.05, 3.63) is 30.1 Å². The van der Waals surface area contributed by atoms with E-state index in [4.69, 9.17) is 4.74 Å². The van der Waals surface area contributed by atoms with Gasteiger partial charge in [-0.15, -0.1) is 0 Å². The van der Waals surface area contributed by atoms with Crippen LogP contribution < -0.4 is 0 Å². The maximum Gasteiger partial charge on any atom is 0.224 e. The molecule has 0 spiro atoms. The number of aromatic amines is 1. The summed E-state index contributed by atoms with van der Waals surface area (Å²) in [5, 5.41) is 1.13. The van der Waals surface area contributed by atoms with E-state index in [2.05, 4.69) is 22.1 Å². The second kappa shape index (κ2) is 6.26. The standard InChI is InChI=1S/C16H21N3O2/c1-21-9-6-15(20)19-8-3-5-13(11-19)14-10-12-4-2-7-17-16(12)18-14/h2,4,7,10,13H,3,5-6,8-9,11H2,1H3,(H,17,18)/t13-/m1/s1. The number of H-pyrrole nitrogens is 1. The first-order valence-electron chi connectivity index (χ1n) is 7.48. The second-order valence-electron chi connectivity index (χ2n) is 5.59. The minimum Gasteiger partial charge on any atom is -0.384 e. The molecule has 1 amide bonds. The van der Waals surface area contributed by atoms with Crippen LogP contribution in [0.3, 0.4) is 0 Å². The van der Waals surface area contributed by atoms with Gasteiger partial charge in [0.1, 0.15) is 5.65 Å². The quantitative estimate of drug-likeness (QED) is 0.938. The van der Waals surface area contributed by atoms with Crippen molar-refractivity contribution in [1.82, 2.24) is 14.9 Å². The molecule has 3 heterocycles. The van der Waals surface area contributed by atoms with E-state index in [1.165, 1.54) is 5.69 Å². The van der Waals surface area contributed by atoms with Crippen LogP contribution in [0.15, 0.2) is 24.4 Å². The zero-order valence-electron chi connectivity index (χ0n) is 12.3. The van der Waals surface area contributed by atoms with Crippen molar-refractivity contribution in [3.8, 4) is 0 Å². The van der Waals surface area contributed by atoms with Gasteiger partial charge in [-0.2, -0.15) is 0 Å². The molecular formula is C16H21N3O2. The molecule has 1 fully saturated rings. The number of pyridine rings is 1. The maximum absolute atomic E-state index is 12.1. The lowest BCUT2D eigenvalue weighted by atomic mass is 9.94. The number of likely N-dealkylation sites (tertiary alicyclic amines) is 1. The van der Waals surface area contributed by atoms with Gasteiger partial charge in [-0.3, -0.25) is 4.79 Å². The Morgan fingerprint density at radius 3 is 3.29 bits per heavy atom. The molecule has 1 saturated heterocycles. The van der Waals surface area contributed by atoms with Gasteiger partial charge in [-0.05, 0) is 31.0 Å². The summed E-state index contributed by atoms with van der Waals surface area (Å²) < 4.78 is 4.99. The van der Waals surface area contributed by atoms with Crippen LogP contribution in [0.1, 0.15) is 30.9 Å². The summed E-state index contributed by atoms with van der Waals surface area (Å²) in [5.41, 5.74) is 2.11. The molecule has 3 rings (SSSR count). The van der Waals surface area contributed by atoms with Crippen molar-refractivity contribution >= 4 is 16.9 Å². The summed E-state index contributed by atoms with van der Waals surface area (Å²) in [6.07, 6.45) is 4.43. The summed E-state index contributed by atoms with van der Waals surface area (Å²) in [4.78, 5) is 21.8. The molecule has 0 bridgehead atoms. The Hall–Kier alpha value is -1.88. The molecule has 2 aromatic heterocycles. The van der Waals surface area contributed by atoms with Crippen molar-refractivity contribution < 1.29 is 9.53 Å². The van der Waals surface area contributed by atoms with Crippen LogP contribution in [0, 0.1) is 0 Å². The number of amides is 1. The van der Waals surface area contributed by atoms with Gasteiger partial charge in [0, 0.05) is 43.4 Å². The average Bonchev–Trinajstić information content (AvgIpc) is 2.97. The van der Waals surface area contributed by atoms with Gasteiger partial charge in [0.05, 0.1) is 13.0 Å². The number of nitrogens with one attached hydrogen (secondary N) is 1. The summed E-state index contributed by atoms with van der Waals surface area (Å²) in [6.45, 7) is 2.14.